The molecule has 0 saturated carbocycles. The van der Waals surface area contributed by atoms with Gasteiger partial charge in [0.15, 0.2) is 11.5 Å². The molecule has 0 bridgehead atoms. The molecule has 0 fully saturated rings. The first kappa shape index (κ1) is 7.79. The van der Waals surface area contributed by atoms with Gasteiger partial charge in [-0.3, -0.25) is 0 Å². The molecule has 0 radical (unpaired) electrons. The normalized spacial score (nSPS) is 17.4. The van der Waals surface area contributed by atoms with Crippen LogP contribution in [0.25, 0.3) is 0 Å². The van der Waals surface area contributed by atoms with Gasteiger partial charge in [0.05, 0.1) is 5.69 Å². The number of rotatable bonds is 0. The largest absolute Gasteiger partial charge is 0.503 e. The van der Waals surface area contributed by atoms with Crippen molar-refractivity contribution < 1.29 is 14.6 Å². The van der Waals surface area contributed by atoms with Crippen LogP contribution in [0.4, 0.5) is 5.69 Å². The summed E-state index contributed by atoms with van der Waals surface area (Å²) in [7, 11) is 0. The summed E-state index contributed by atoms with van der Waals surface area (Å²) in [5.74, 6) is 1.33. The molecule has 0 amide bonds. The van der Waals surface area contributed by atoms with Crippen LogP contribution in [-0.2, 0) is 6.42 Å². The molecular formula is C10H11NO3. The van der Waals surface area contributed by atoms with E-state index in [1.807, 2.05) is 6.07 Å². The lowest BCUT2D eigenvalue weighted by atomic mass is 10.1. The van der Waals surface area contributed by atoms with E-state index >= 15 is 0 Å². The Bertz CT molecular complexity index is 389. The molecule has 4 nitrogen and oxygen atoms in total. The van der Waals surface area contributed by atoms with Crippen molar-refractivity contribution in [1.29, 1.82) is 0 Å². The van der Waals surface area contributed by atoms with Crippen LogP contribution in [-0.4, -0.2) is 24.9 Å². The highest BCUT2D eigenvalue weighted by Crippen LogP contribution is 2.47. The Labute approximate surface area is 81.5 Å². The number of fused-ring (bicyclic) bond motifs is 2. The zero-order valence-electron chi connectivity index (χ0n) is 7.67. The summed E-state index contributed by atoms with van der Waals surface area (Å²) in [6, 6.07) is 1.95. The lowest BCUT2D eigenvalue weighted by Gasteiger charge is -2.20. The zero-order chi connectivity index (χ0) is 9.54. The van der Waals surface area contributed by atoms with Gasteiger partial charge in [0, 0.05) is 6.54 Å². The Morgan fingerprint density at radius 1 is 1.29 bits per heavy atom. The van der Waals surface area contributed by atoms with Crippen LogP contribution >= 0.6 is 0 Å². The predicted molar refractivity (Wildman–Crippen MR) is 51.3 cm³/mol. The number of aromatic hydroxyl groups is 1. The highest BCUT2D eigenvalue weighted by atomic mass is 16.6. The molecule has 2 aliphatic rings. The van der Waals surface area contributed by atoms with E-state index in [1.54, 1.807) is 0 Å². The third-order valence-electron chi connectivity index (χ3n) is 2.59. The monoisotopic (exact) mass is 193 g/mol. The van der Waals surface area contributed by atoms with Gasteiger partial charge in [-0.05, 0) is 18.1 Å². The van der Waals surface area contributed by atoms with Gasteiger partial charge < -0.3 is 19.9 Å². The number of hydrogen-bond donors (Lipinski definition) is 2. The van der Waals surface area contributed by atoms with Gasteiger partial charge in [0.25, 0.3) is 0 Å². The molecule has 0 aromatic heterocycles. The lowest BCUT2D eigenvalue weighted by Crippen LogP contribution is -2.15. The van der Waals surface area contributed by atoms with Crippen molar-refractivity contribution in [3.8, 4) is 17.2 Å². The molecule has 2 aliphatic heterocycles. The number of nitrogens with one attached hydrogen (secondary N) is 1. The molecule has 0 aliphatic carbocycles. The van der Waals surface area contributed by atoms with Crippen molar-refractivity contribution in [3.05, 3.63) is 11.6 Å². The average molecular weight is 193 g/mol. The number of phenolic OH excluding ortho intramolecular Hbond substituents is 1. The van der Waals surface area contributed by atoms with Crippen molar-refractivity contribution in [2.45, 2.75) is 6.42 Å². The molecule has 0 unspecified atom stereocenters. The maximum absolute atomic E-state index is 9.89. The van der Waals surface area contributed by atoms with Gasteiger partial charge in [0.1, 0.15) is 13.2 Å². The molecule has 0 saturated heterocycles. The minimum atomic E-state index is 0.190. The quantitative estimate of drug-likeness (QED) is 0.606. The highest BCUT2D eigenvalue weighted by Gasteiger charge is 2.24. The summed E-state index contributed by atoms with van der Waals surface area (Å²) < 4.78 is 10.8. The molecule has 2 N–H and O–H groups in total. The maximum Gasteiger partial charge on any atom is 0.205 e. The van der Waals surface area contributed by atoms with Crippen LogP contribution in [0, 0.1) is 0 Å². The van der Waals surface area contributed by atoms with E-state index in [0.717, 1.165) is 24.2 Å². The lowest BCUT2D eigenvalue weighted by molar-refractivity contribution is 0.166. The molecule has 2 heterocycles. The molecule has 1 aromatic rings. The standard InChI is InChI=1S/C10H11NO3/c12-9-8-6(1-2-11-8)5-7-10(9)14-4-3-13-7/h5,11-12H,1-4H2. The van der Waals surface area contributed by atoms with Crippen molar-refractivity contribution in [2.24, 2.45) is 0 Å². The smallest absolute Gasteiger partial charge is 0.205 e. The summed E-state index contributed by atoms with van der Waals surface area (Å²) in [6.07, 6.45) is 0.930. The summed E-state index contributed by atoms with van der Waals surface area (Å²) in [6.45, 7) is 1.92. The Hall–Kier alpha value is -1.58. The van der Waals surface area contributed by atoms with Crippen LogP contribution in [0.15, 0.2) is 6.07 Å². The van der Waals surface area contributed by atoms with Crippen LogP contribution < -0.4 is 14.8 Å². The first-order valence-electron chi connectivity index (χ1n) is 4.74. The number of benzene rings is 1. The van der Waals surface area contributed by atoms with Gasteiger partial charge in [-0.15, -0.1) is 0 Å². The molecule has 14 heavy (non-hydrogen) atoms. The Kier molecular flexibility index (Phi) is 1.50. The molecule has 0 spiro atoms. The molecule has 1 aromatic carbocycles. The summed E-state index contributed by atoms with van der Waals surface area (Å²) >= 11 is 0. The van der Waals surface area contributed by atoms with E-state index in [1.165, 1.54) is 0 Å². The Morgan fingerprint density at radius 2 is 2.14 bits per heavy atom. The van der Waals surface area contributed by atoms with E-state index in [-0.39, 0.29) is 5.75 Å². The van der Waals surface area contributed by atoms with Gasteiger partial charge in [-0.1, -0.05) is 0 Å². The summed E-state index contributed by atoms with van der Waals surface area (Å²) in [5.41, 5.74) is 1.90. The predicted octanol–water partition coefficient (Wildman–Crippen LogP) is 1.13. The van der Waals surface area contributed by atoms with Crippen molar-refractivity contribution in [3.63, 3.8) is 0 Å². The average Bonchev–Trinajstić information content (AvgIpc) is 2.66. The van der Waals surface area contributed by atoms with Crippen LogP contribution in [0.3, 0.4) is 0 Å². The van der Waals surface area contributed by atoms with Crippen molar-refractivity contribution in [1.82, 2.24) is 0 Å². The van der Waals surface area contributed by atoms with E-state index in [0.29, 0.717) is 24.7 Å². The first-order valence-corrected chi connectivity index (χ1v) is 4.74. The zero-order valence-corrected chi connectivity index (χ0v) is 7.67. The minimum Gasteiger partial charge on any atom is -0.503 e. The second-order valence-electron chi connectivity index (χ2n) is 3.46. The molecule has 74 valence electrons. The molecule has 0 atom stereocenters. The van der Waals surface area contributed by atoms with E-state index in [4.69, 9.17) is 9.47 Å². The summed E-state index contributed by atoms with van der Waals surface area (Å²) in [5, 5.41) is 13.0. The maximum atomic E-state index is 9.89. The van der Waals surface area contributed by atoms with Crippen LogP contribution in [0.1, 0.15) is 5.56 Å². The third-order valence-corrected chi connectivity index (χ3v) is 2.59. The number of hydrogen-bond acceptors (Lipinski definition) is 4. The van der Waals surface area contributed by atoms with E-state index in [9.17, 15) is 5.11 Å². The van der Waals surface area contributed by atoms with Gasteiger partial charge in [-0.25, -0.2) is 0 Å². The SMILES string of the molecule is Oc1c2c(cc3c1OCCO3)CCN2. The van der Waals surface area contributed by atoms with E-state index in [2.05, 4.69) is 5.32 Å². The Balaban J connectivity index is 2.20. The van der Waals surface area contributed by atoms with E-state index < -0.39 is 0 Å². The summed E-state index contributed by atoms with van der Waals surface area (Å²) in [4.78, 5) is 0. The van der Waals surface area contributed by atoms with Crippen molar-refractivity contribution >= 4 is 5.69 Å². The van der Waals surface area contributed by atoms with Gasteiger partial charge in [-0.2, -0.15) is 0 Å². The van der Waals surface area contributed by atoms with Crippen molar-refractivity contribution in [2.75, 3.05) is 25.1 Å². The fourth-order valence-electron chi connectivity index (χ4n) is 1.94. The van der Waals surface area contributed by atoms with Crippen LogP contribution in [0.5, 0.6) is 17.2 Å². The number of anilines is 1. The van der Waals surface area contributed by atoms with Crippen LogP contribution in [0.2, 0.25) is 0 Å². The molecule has 3 rings (SSSR count). The van der Waals surface area contributed by atoms with Gasteiger partial charge in [0.2, 0.25) is 5.75 Å². The topological polar surface area (TPSA) is 50.7 Å². The fraction of sp³-hybridized carbons (Fsp3) is 0.400. The molecule has 4 heteroatoms. The number of ether oxygens (including phenoxy) is 2. The minimum absolute atomic E-state index is 0.190. The highest BCUT2D eigenvalue weighted by molar-refractivity contribution is 5.73. The molecular weight excluding hydrogens is 182 g/mol. The first-order chi connectivity index (χ1) is 6.86. The van der Waals surface area contributed by atoms with Gasteiger partial charge >= 0.3 is 0 Å². The number of phenols is 1. The second-order valence-corrected chi connectivity index (χ2v) is 3.46. The second kappa shape index (κ2) is 2.70. The fourth-order valence-corrected chi connectivity index (χ4v) is 1.94. The Morgan fingerprint density at radius 3 is 3.07 bits per heavy atom. The third kappa shape index (κ3) is 0.937.